The average molecular weight is 816 g/mol. The Bertz CT molecular complexity index is 3560. The van der Waals surface area contributed by atoms with E-state index in [1.807, 2.05) is 60.7 Å². The largest absolute Gasteiger partial charge is 0.292 e. The molecule has 9 aromatic carbocycles. The highest BCUT2D eigenvalue weighted by Gasteiger charge is 2.51. The summed E-state index contributed by atoms with van der Waals surface area (Å²) < 4.78 is 2.39. The van der Waals surface area contributed by atoms with Gasteiger partial charge >= 0.3 is 0 Å². The van der Waals surface area contributed by atoms with Gasteiger partial charge in [0.2, 0.25) is 0 Å². The van der Waals surface area contributed by atoms with Crippen molar-refractivity contribution in [3.63, 3.8) is 0 Å². The van der Waals surface area contributed by atoms with Crippen molar-refractivity contribution < 1.29 is 0 Å². The fourth-order valence-electron chi connectivity index (χ4n) is 10.3. The van der Waals surface area contributed by atoms with Crippen LogP contribution in [-0.2, 0) is 5.41 Å². The van der Waals surface area contributed by atoms with Gasteiger partial charge in [-0.2, -0.15) is 0 Å². The van der Waals surface area contributed by atoms with Crippen LogP contribution in [0.15, 0.2) is 224 Å². The topological polar surface area (TPSA) is 56.5 Å². The normalized spacial score (nSPS) is 14.3. The zero-order chi connectivity index (χ0) is 42.2. The first-order chi connectivity index (χ1) is 31.7. The Labute approximate surface area is 370 Å². The molecule has 5 nitrogen and oxygen atoms in total. The Balaban J connectivity index is 0.956. The van der Waals surface area contributed by atoms with E-state index < -0.39 is 5.41 Å². The predicted molar refractivity (Wildman–Crippen MR) is 258 cm³/mol. The molecule has 1 unspecified atom stereocenters. The van der Waals surface area contributed by atoms with E-state index in [2.05, 4.69) is 168 Å². The molecule has 11 aromatic rings. The molecule has 1 aliphatic carbocycles. The van der Waals surface area contributed by atoms with Crippen molar-refractivity contribution in [2.24, 2.45) is 0 Å². The van der Waals surface area contributed by atoms with Crippen LogP contribution in [0.1, 0.15) is 22.3 Å². The van der Waals surface area contributed by atoms with Crippen LogP contribution in [0, 0.1) is 0 Å². The second-order valence-electron chi connectivity index (χ2n) is 16.6. The molecule has 0 fully saturated rings. The van der Waals surface area contributed by atoms with Gasteiger partial charge in [0.25, 0.3) is 0 Å². The van der Waals surface area contributed by atoms with E-state index in [4.69, 9.17) is 19.9 Å². The molecule has 3 heterocycles. The van der Waals surface area contributed by atoms with Crippen LogP contribution in [0.5, 0.6) is 0 Å². The fraction of sp³-hybridized carbons (Fsp3) is 0.0169. The molecular formula is C59H37N5. The summed E-state index contributed by atoms with van der Waals surface area (Å²) in [5.41, 5.74) is 18.8. The summed E-state index contributed by atoms with van der Waals surface area (Å²) in [5, 5.41) is 0. The van der Waals surface area contributed by atoms with Crippen LogP contribution in [0.25, 0.3) is 95.7 Å². The van der Waals surface area contributed by atoms with Crippen molar-refractivity contribution >= 4 is 11.0 Å². The Kier molecular flexibility index (Phi) is 8.06. The lowest BCUT2D eigenvalue weighted by Gasteiger charge is -2.39. The van der Waals surface area contributed by atoms with Crippen molar-refractivity contribution in [1.82, 2.24) is 24.5 Å². The van der Waals surface area contributed by atoms with Gasteiger partial charge in [0.1, 0.15) is 5.82 Å². The Morgan fingerprint density at radius 1 is 0.297 bits per heavy atom. The van der Waals surface area contributed by atoms with Gasteiger partial charge in [-0.15, -0.1) is 0 Å². The van der Waals surface area contributed by atoms with Gasteiger partial charge in [-0.05, 0) is 86.0 Å². The van der Waals surface area contributed by atoms with Gasteiger partial charge in [-0.25, -0.2) is 19.9 Å². The van der Waals surface area contributed by atoms with Crippen LogP contribution >= 0.6 is 0 Å². The molecule has 1 aliphatic heterocycles. The number of benzene rings is 9. The SMILES string of the molecule is c1ccc(-c2nc(-c3ccccc3)nc(-c3cccc(-c4cccc(-c5ccc6c(c5)C5(c7ccccc7-6)c6ccccc6-n6c(-c7ccccc7)nc7cccc5c76)c4)c3)n2)cc1. The summed E-state index contributed by atoms with van der Waals surface area (Å²) in [4.78, 5) is 20.3. The lowest BCUT2D eigenvalue weighted by Crippen LogP contribution is -2.33. The van der Waals surface area contributed by atoms with E-state index in [0.29, 0.717) is 17.5 Å². The second-order valence-corrected chi connectivity index (χ2v) is 16.6. The molecular weight excluding hydrogens is 779 g/mol. The van der Waals surface area contributed by atoms with E-state index in [0.717, 1.165) is 67.1 Å². The molecule has 0 N–H and O–H groups in total. The summed E-state index contributed by atoms with van der Waals surface area (Å²) in [5.74, 6) is 2.88. The first-order valence-corrected chi connectivity index (χ1v) is 21.7. The number of imidazole rings is 1. The zero-order valence-electron chi connectivity index (χ0n) is 34.6. The minimum Gasteiger partial charge on any atom is -0.292 e. The maximum absolute atomic E-state index is 5.34. The summed E-state index contributed by atoms with van der Waals surface area (Å²) >= 11 is 0. The van der Waals surface area contributed by atoms with Crippen LogP contribution in [0.4, 0.5) is 0 Å². The van der Waals surface area contributed by atoms with E-state index in [1.54, 1.807) is 0 Å². The number of aromatic nitrogens is 5. The standard InChI is InChI=1S/C59H37N5/c1-4-17-38(18-5-1)55-61-56(39-19-6-2-7-20-39)63-57(62-55)45-26-15-25-43(36-45)41-23-14-24-42(35-41)44-33-34-47-46-27-10-11-28-48(46)59(51(47)37-44)49-29-12-13-32-53(49)64-54-50(59)30-16-31-52(54)60-58(64)40-21-8-3-9-22-40/h1-37H. The molecule has 0 amide bonds. The number of rotatable bonds is 6. The van der Waals surface area contributed by atoms with Crippen LogP contribution in [-0.4, -0.2) is 24.5 Å². The number of fused-ring (bicyclic) bond motifs is 9. The summed E-state index contributed by atoms with van der Waals surface area (Å²) in [6.45, 7) is 0. The third-order valence-electron chi connectivity index (χ3n) is 13.1. The molecule has 0 saturated carbocycles. The molecule has 2 aliphatic rings. The predicted octanol–water partition coefficient (Wildman–Crippen LogP) is 13.9. The van der Waals surface area contributed by atoms with Gasteiger partial charge in [0.05, 0.1) is 22.1 Å². The highest BCUT2D eigenvalue weighted by Crippen LogP contribution is 2.61. The van der Waals surface area contributed by atoms with Crippen LogP contribution in [0.2, 0.25) is 0 Å². The number of hydrogen-bond acceptors (Lipinski definition) is 4. The molecule has 2 aromatic heterocycles. The van der Waals surface area contributed by atoms with Gasteiger partial charge in [0, 0.05) is 22.3 Å². The van der Waals surface area contributed by atoms with Crippen molar-refractivity contribution in [3.05, 3.63) is 247 Å². The van der Waals surface area contributed by atoms with Gasteiger partial charge in [-0.3, -0.25) is 4.57 Å². The Morgan fingerprint density at radius 2 is 0.766 bits per heavy atom. The van der Waals surface area contributed by atoms with Crippen molar-refractivity contribution in [2.45, 2.75) is 5.41 Å². The third-order valence-corrected chi connectivity index (χ3v) is 13.1. The Hall–Kier alpha value is -8.54. The molecule has 5 heteroatoms. The summed E-state index contributed by atoms with van der Waals surface area (Å²) in [7, 11) is 0. The minimum absolute atomic E-state index is 0.560. The van der Waals surface area contributed by atoms with Crippen molar-refractivity contribution in [3.8, 4) is 84.6 Å². The first kappa shape index (κ1) is 36.1. The number of para-hydroxylation sites is 2. The lowest BCUT2D eigenvalue weighted by molar-refractivity contribution is 0.746. The van der Waals surface area contributed by atoms with E-state index in [9.17, 15) is 0 Å². The average Bonchev–Trinajstić information content (AvgIpc) is 3.91. The summed E-state index contributed by atoms with van der Waals surface area (Å²) in [6, 6.07) is 79.9. The fourth-order valence-corrected chi connectivity index (χ4v) is 10.3. The van der Waals surface area contributed by atoms with Gasteiger partial charge in [0.15, 0.2) is 17.5 Å². The Morgan fingerprint density at radius 3 is 1.44 bits per heavy atom. The van der Waals surface area contributed by atoms with Gasteiger partial charge < -0.3 is 0 Å². The molecule has 13 rings (SSSR count). The highest BCUT2D eigenvalue weighted by molar-refractivity contribution is 5.98. The number of hydrogen-bond donors (Lipinski definition) is 0. The lowest BCUT2D eigenvalue weighted by atomic mass is 9.65. The maximum Gasteiger partial charge on any atom is 0.164 e. The maximum atomic E-state index is 5.34. The molecule has 0 saturated heterocycles. The quantitative estimate of drug-likeness (QED) is 0.168. The van der Waals surface area contributed by atoms with Gasteiger partial charge in [-0.1, -0.05) is 194 Å². The van der Waals surface area contributed by atoms with Crippen molar-refractivity contribution in [2.75, 3.05) is 0 Å². The summed E-state index contributed by atoms with van der Waals surface area (Å²) in [6.07, 6.45) is 0. The van der Waals surface area contributed by atoms with E-state index in [1.165, 1.54) is 33.4 Å². The molecule has 1 atom stereocenters. The van der Waals surface area contributed by atoms with Crippen LogP contribution < -0.4 is 0 Å². The van der Waals surface area contributed by atoms with Crippen molar-refractivity contribution in [1.29, 1.82) is 0 Å². The zero-order valence-corrected chi connectivity index (χ0v) is 34.6. The molecule has 1 spiro atoms. The molecule has 0 bridgehead atoms. The van der Waals surface area contributed by atoms with E-state index in [-0.39, 0.29) is 0 Å². The van der Waals surface area contributed by atoms with E-state index >= 15 is 0 Å². The highest BCUT2D eigenvalue weighted by atomic mass is 15.1. The minimum atomic E-state index is -0.560. The van der Waals surface area contributed by atoms with Crippen LogP contribution in [0.3, 0.4) is 0 Å². The first-order valence-electron chi connectivity index (χ1n) is 21.7. The third kappa shape index (κ3) is 5.44. The molecule has 0 radical (unpaired) electrons. The second kappa shape index (κ2) is 14.3. The smallest absolute Gasteiger partial charge is 0.164 e. The number of nitrogens with zero attached hydrogens (tertiary/aromatic N) is 5. The molecule has 64 heavy (non-hydrogen) atoms. The monoisotopic (exact) mass is 815 g/mol. The molecule has 298 valence electrons.